The van der Waals surface area contributed by atoms with Crippen molar-refractivity contribution in [2.75, 3.05) is 19.9 Å². The van der Waals surface area contributed by atoms with Crippen molar-refractivity contribution in [1.29, 1.82) is 0 Å². The van der Waals surface area contributed by atoms with Crippen LogP contribution < -0.4 is 19.5 Å². The molecular weight excluding hydrogens is 306 g/mol. The van der Waals surface area contributed by atoms with Crippen LogP contribution in [0.25, 0.3) is 0 Å². The van der Waals surface area contributed by atoms with E-state index in [1.807, 2.05) is 49.4 Å². The van der Waals surface area contributed by atoms with E-state index in [4.69, 9.17) is 14.2 Å². The van der Waals surface area contributed by atoms with Crippen molar-refractivity contribution in [2.24, 2.45) is 0 Å². The number of para-hydroxylation sites is 1. The van der Waals surface area contributed by atoms with Crippen LogP contribution in [0.1, 0.15) is 17.5 Å². The summed E-state index contributed by atoms with van der Waals surface area (Å²) in [7, 11) is 0. The smallest absolute Gasteiger partial charge is 0.231 e. The third-order valence-corrected chi connectivity index (χ3v) is 3.85. The van der Waals surface area contributed by atoms with Gasteiger partial charge in [-0.1, -0.05) is 24.3 Å². The van der Waals surface area contributed by atoms with Gasteiger partial charge in [0.1, 0.15) is 12.4 Å². The molecule has 0 aliphatic carbocycles. The van der Waals surface area contributed by atoms with Crippen LogP contribution in [0.2, 0.25) is 0 Å². The largest absolute Gasteiger partial charge is 0.491 e. The van der Waals surface area contributed by atoms with Crippen LogP contribution >= 0.6 is 0 Å². The molecule has 0 fully saturated rings. The maximum Gasteiger partial charge on any atom is 0.231 e. The molecule has 0 bridgehead atoms. The van der Waals surface area contributed by atoms with Gasteiger partial charge in [0.2, 0.25) is 12.7 Å². The highest BCUT2D eigenvalue weighted by Gasteiger charge is 2.13. The Hall–Kier alpha value is -2.69. The first-order valence-corrected chi connectivity index (χ1v) is 8.06. The Morgan fingerprint density at radius 1 is 1.17 bits per heavy atom. The van der Waals surface area contributed by atoms with Gasteiger partial charge in [-0.05, 0) is 42.7 Å². The molecule has 5 nitrogen and oxygen atoms in total. The van der Waals surface area contributed by atoms with Gasteiger partial charge in [-0.15, -0.1) is 0 Å². The first-order valence-electron chi connectivity index (χ1n) is 8.06. The van der Waals surface area contributed by atoms with Gasteiger partial charge in [-0.2, -0.15) is 0 Å². The van der Waals surface area contributed by atoms with E-state index in [1.54, 1.807) is 0 Å². The zero-order valence-electron chi connectivity index (χ0n) is 13.7. The van der Waals surface area contributed by atoms with Crippen LogP contribution in [0.15, 0.2) is 42.5 Å². The van der Waals surface area contributed by atoms with Crippen LogP contribution in [0.4, 0.5) is 0 Å². The number of nitrogens with one attached hydrogen (secondary N) is 1. The number of benzene rings is 2. The van der Waals surface area contributed by atoms with Crippen LogP contribution in [-0.4, -0.2) is 25.9 Å². The fourth-order valence-corrected chi connectivity index (χ4v) is 2.51. The molecule has 0 spiro atoms. The molecular formula is C19H21NO4. The van der Waals surface area contributed by atoms with Gasteiger partial charge < -0.3 is 19.5 Å². The number of carbonyl (C=O) groups excluding carboxylic acids is 1. The van der Waals surface area contributed by atoms with Gasteiger partial charge in [0.25, 0.3) is 0 Å². The lowest BCUT2D eigenvalue weighted by molar-refractivity contribution is -0.121. The third kappa shape index (κ3) is 4.19. The lowest BCUT2D eigenvalue weighted by Gasteiger charge is -2.10. The summed E-state index contributed by atoms with van der Waals surface area (Å²) in [6, 6.07) is 13.6. The van der Waals surface area contributed by atoms with Crippen molar-refractivity contribution in [1.82, 2.24) is 5.32 Å². The zero-order valence-corrected chi connectivity index (χ0v) is 13.7. The summed E-state index contributed by atoms with van der Waals surface area (Å²) in [4.78, 5) is 11.9. The molecule has 0 aromatic heterocycles. The molecule has 5 heteroatoms. The van der Waals surface area contributed by atoms with Crippen LogP contribution in [0.3, 0.4) is 0 Å². The Labute approximate surface area is 141 Å². The normalized spacial score (nSPS) is 12.0. The molecule has 1 heterocycles. The van der Waals surface area contributed by atoms with Crippen LogP contribution in [0.5, 0.6) is 17.2 Å². The van der Waals surface area contributed by atoms with E-state index in [2.05, 4.69) is 5.32 Å². The predicted octanol–water partition coefficient (Wildman–Crippen LogP) is 2.85. The highest BCUT2D eigenvalue weighted by molar-refractivity contribution is 5.76. The monoisotopic (exact) mass is 327 g/mol. The van der Waals surface area contributed by atoms with Crippen molar-refractivity contribution in [3.63, 3.8) is 0 Å². The summed E-state index contributed by atoms with van der Waals surface area (Å²) in [6.45, 7) is 3.22. The average Bonchev–Trinajstić information content (AvgIpc) is 3.06. The van der Waals surface area contributed by atoms with E-state index < -0.39 is 0 Å². The molecule has 1 amide bonds. The first-order chi connectivity index (χ1) is 11.7. The number of rotatable bonds is 7. The number of hydrogen-bond acceptors (Lipinski definition) is 4. The summed E-state index contributed by atoms with van der Waals surface area (Å²) in [5, 5.41) is 2.88. The molecule has 126 valence electrons. The average molecular weight is 327 g/mol. The van der Waals surface area contributed by atoms with Crippen molar-refractivity contribution in [3.8, 4) is 17.2 Å². The van der Waals surface area contributed by atoms with Crippen molar-refractivity contribution < 1.29 is 19.0 Å². The summed E-state index contributed by atoms with van der Waals surface area (Å²) >= 11 is 0. The molecule has 0 saturated heterocycles. The van der Waals surface area contributed by atoms with E-state index >= 15 is 0 Å². The second-order valence-electron chi connectivity index (χ2n) is 5.65. The van der Waals surface area contributed by atoms with Gasteiger partial charge in [0, 0.05) is 6.42 Å². The minimum Gasteiger partial charge on any atom is -0.491 e. The van der Waals surface area contributed by atoms with Gasteiger partial charge in [0.15, 0.2) is 11.5 Å². The van der Waals surface area contributed by atoms with Gasteiger partial charge in [0.05, 0.1) is 6.54 Å². The van der Waals surface area contributed by atoms with E-state index in [-0.39, 0.29) is 12.7 Å². The molecule has 0 atom stereocenters. The number of aryl methyl sites for hydroxylation is 2. The second kappa shape index (κ2) is 7.73. The number of hydrogen-bond donors (Lipinski definition) is 1. The van der Waals surface area contributed by atoms with Gasteiger partial charge >= 0.3 is 0 Å². The quantitative estimate of drug-likeness (QED) is 0.795. The molecule has 0 unspecified atom stereocenters. The molecule has 0 radical (unpaired) electrons. The van der Waals surface area contributed by atoms with E-state index in [0.717, 1.165) is 28.4 Å². The molecule has 2 aromatic carbocycles. The van der Waals surface area contributed by atoms with Gasteiger partial charge in [-0.25, -0.2) is 0 Å². The van der Waals surface area contributed by atoms with E-state index in [0.29, 0.717) is 26.0 Å². The molecule has 1 aliphatic heterocycles. The molecule has 24 heavy (non-hydrogen) atoms. The molecule has 0 saturated carbocycles. The lowest BCUT2D eigenvalue weighted by atomic mass is 10.1. The van der Waals surface area contributed by atoms with Crippen LogP contribution in [0, 0.1) is 6.92 Å². The highest BCUT2D eigenvalue weighted by atomic mass is 16.7. The van der Waals surface area contributed by atoms with E-state index in [1.165, 1.54) is 0 Å². The van der Waals surface area contributed by atoms with Crippen molar-refractivity contribution >= 4 is 5.91 Å². The Morgan fingerprint density at radius 3 is 2.88 bits per heavy atom. The third-order valence-electron chi connectivity index (χ3n) is 3.85. The SMILES string of the molecule is Cc1ccccc1OCCNC(=O)CCc1ccc2c(c1)OCO2. The lowest BCUT2D eigenvalue weighted by Crippen LogP contribution is -2.28. The number of carbonyl (C=O) groups is 1. The topological polar surface area (TPSA) is 56.8 Å². The Balaban J connectivity index is 1.36. The number of fused-ring (bicyclic) bond motifs is 1. The minimum atomic E-state index is 0.0149. The first kappa shape index (κ1) is 16.2. The fourth-order valence-electron chi connectivity index (χ4n) is 2.51. The number of ether oxygens (including phenoxy) is 3. The number of amides is 1. The Kier molecular flexibility index (Phi) is 5.21. The van der Waals surface area contributed by atoms with Crippen molar-refractivity contribution in [2.45, 2.75) is 19.8 Å². The molecule has 1 N–H and O–H groups in total. The van der Waals surface area contributed by atoms with Gasteiger partial charge in [-0.3, -0.25) is 4.79 Å². The second-order valence-corrected chi connectivity index (χ2v) is 5.65. The highest BCUT2D eigenvalue weighted by Crippen LogP contribution is 2.32. The molecule has 3 rings (SSSR count). The molecule has 1 aliphatic rings. The maximum absolute atomic E-state index is 11.9. The Bertz CT molecular complexity index is 714. The minimum absolute atomic E-state index is 0.0149. The van der Waals surface area contributed by atoms with Crippen LogP contribution in [-0.2, 0) is 11.2 Å². The summed E-state index contributed by atoms with van der Waals surface area (Å²) in [5.41, 5.74) is 2.15. The standard InChI is InChI=1S/C19H21NO4/c1-14-4-2-3-5-16(14)22-11-10-20-19(21)9-7-15-6-8-17-18(12-15)24-13-23-17/h2-6,8,12H,7,9-11,13H2,1H3,(H,20,21). The predicted molar refractivity (Wildman–Crippen MR) is 90.6 cm³/mol. The molecule has 2 aromatic rings. The van der Waals surface area contributed by atoms with E-state index in [9.17, 15) is 4.79 Å². The summed E-state index contributed by atoms with van der Waals surface area (Å²) in [5.74, 6) is 2.38. The maximum atomic E-state index is 11.9. The zero-order chi connectivity index (χ0) is 16.8. The summed E-state index contributed by atoms with van der Waals surface area (Å²) < 4.78 is 16.3. The Morgan fingerprint density at radius 2 is 2.00 bits per heavy atom. The van der Waals surface area contributed by atoms with Crippen molar-refractivity contribution in [3.05, 3.63) is 53.6 Å². The summed E-state index contributed by atoms with van der Waals surface area (Å²) in [6.07, 6.45) is 1.10. The fraction of sp³-hybridized carbons (Fsp3) is 0.316.